The smallest absolute Gasteiger partial charge is 0.0341 e. The highest BCUT2D eigenvalue weighted by Crippen LogP contribution is 2.52. The molecule has 0 aromatic rings. The highest BCUT2D eigenvalue weighted by atomic mass is 15.1. The van der Waals surface area contributed by atoms with Crippen molar-refractivity contribution >= 4 is 0 Å². The monoisotopic (exact) mass is 136 g/mol. The van der Waals surface area contributed by atoms with Crippen LogP contribution < -0.4 is 10.6 Å². The second kappa shape index (κ2) is 1.49. The predicted octanol–water partition coefficient (Wildman–Crippen LogP) is 0.431. The summed E-state index contributed by atoms with van der Waals surface area (Å²) in [5.74, 6) is 1.87. The Morgan fingerprint density at radius 2 is 1.40 bits per heavy atom. The normalized spacial score (nSPS) is 41.6. The molecular formula is C8H12N2. The molecule has 0 bridgehead atoms. The van der Waals surface area contributed by atoms with Crippen molar-refractivity contribution in [3.05, 3.63) is 11.4 Å². The molecule has 0 aromatic carbocycles. The van der Waals surface area contributed by atoms with Crippen molar-refractivity contribution in [2.45, 2.75) is 12.8 Å². The van der Waals surface area contributed by atoms with Gasteiger partial charge in [0.2, 0.25) is 0 Å². The summed E-state index contributed by atoms with van der Waals surface area (Å²) in [4.78, 5) is 0. The van der Waals surface area contributed by atoms with E-state index in [9.17, 15) is 0 Å². The van der Waals surface area contributed by atoms with Crippen LogP contribution in [0.25, 0.3) is 0 Å². The summed E-state index contributed by atoms with van der Waals surface area (Å²) >= 11 is 0. The van der Waals surface area contributed by atoms with Crippen LogP contribution >= 0.6 is 0 Å². The SMILES string of the molecule is C1CNC2=C(N1)C1CCC21. The maximum Gasteiger partial charge on any atom is 0.0341 e. The Labute approximate surface area is 60.7 Å². The summed E-state index contributed by atoms with van der Waals surface area (Å²) in [5.41, 5.74) is 3.09. The molecule has 2 unspecified atom stereocenters. The zero-order chi connectivity index (χ0) is 6.55. The summed E-state index contributed by atoms with van der Waals surface area (Å²) in [5, 5.41) is 6.93. The van der Waals surface area contributed by atoms with Gasteiger partial charge in [0.15, 0.2) is 0 Å². The van der Waals surface area contributed by atoms with Crippen LogP contribution in [0, 0.1) is 11.8 Å². The van der Waals surface area contributed by atoms with Gasteiger partial charge in [0, 0.05) is 36.3 Å². The highest BCUT2D eigenvalue weighted by Gasteiger charge is 2.47. The molecule has 1 fully saturated rings. The lowest BCUT2D eigenvalue weighted by atomic mass is 9.60. The van der Waals surface area contributed by atoms with Gasteiger partial charge < -0.3 is 10.6 Å². The molecular weight excluding hydrogens is 124 g/mol. The van der Waals surface area contributed by atoms with Crippen LogP contribution in [0.4, 0.5) is 0 Å². The van der Waals surface area contributed by atoms with Crippen LogP contribution in [0.2, 0.25) is 0 Å². The standard InChI is InChI=1S/C8H12N2/c1-2-6-5(1)7-8(6)10-4-3-9-7/h5-6,9-10H,1-4H2. The quantitative estimate of drug-likeness (QED) is 0.504. The molecule has 2 aliphatic carbocycles. The minimum Gasteiger partial charge on any atom is -0.385 e. The molecule has 2 atom stereocenters. The van der Waals surface area contributed by atoms with Crippen LogP contribution in [0.5, 0.6) is 0 Å². The molecule has 3 rings (SSSR count). The second-order valence-electron chi connectivity index (χ2n) is 3.47. The van der Waals surface area contributed by atoms with Gasteiger partial charge in [0.25, 0.3) is 0 Å². The topological polar surface area (TPSA) is 24.1 Å². The van der Waals surface area contributed by atoms with Gasteiger partial charge in [-0.3, -0.25) is 0 Å². The third kappa shape index (κ3) is 0.395. The summed E-state index contributed by atoms with van der Waals surface area (Å²) in [7, 11) is 0. The first kappa shape index (κ1) is 5.05. The van der Waals surface area contributed by atoms with E-state index in [-0.39, 0.29) is 0 Å². The van der Waals surface area contributed by atoms with Crippen LogP contribution in [-0.2, 0) is 0 Å². The largest absolute Gasteiger partial charge is 0.385 e. The van der Waals surface area contributed by atoms with Crippen molar-refractivity contribution in [2.24, 2.45) is 11.8 Å². The molecule has 54 valence electrons. The number of nitrogens with one attached hydrogen (secondary N) is 2. The van der Waals surface area contributed by atoms with E-state index in [0.29, 0.717) is 0 Å². The molecule has 10 heavy (non-hydrogen) atoms. The molecule has 1 heterocycles. The molecule has 2 N–H and O–H groups in total. The van der Waals surface area contributed by atoms with Crippen molar-refractivity contribution in [2.75, 3.05) is 13.1 Å². The van der Waals surface area contributed by atoms with E-state index in [2.05, 4.69) is 10.6 Å². The highest BCUT2D eigenvalue weighted by molar-refractivity contribution is 5.35. The van der Waals surface area contributed by atoms with Crippen molar-refractivity contribution in [3.8, 4) is 0 Å². The zero-order valence-electron chi connectivity index (χ0n) is 5.98. The van der Waals surface area contributed by atoms with Crippen molar-refractivity contribution in [3.63, 3.8) is 0 Å². The molecule has 1 aliphatic heterocycles. The van der Waals surface area contributed by atoms with Gasteiger partial charge in [-0.15, -0.1) is 0 Å². The minimum absolute atomic E-state index is 0.933. The minimum atomic E-state index is 0.933. The third-order valence-corrected chi connectivity index (χ3v) is 3.06. The molecule has 1 saturated carbocycles. The Bertz CT molecular complexity index is 185. The fraction of sp³-hybridized carbons (Fsp3) is 0.750. The van der Waals surface area contributed by atoms with Gasteiger partial charge >= 0.3 is 0 Å². The van der Waals surface area contributed by atoms with Crippen molar-refractivity contribution in [1.82, 2.24) is 10.6 Å². The summed E-state index contributed by atoms with van der Waals surface area (Å²) in [6.45, 7) is 2.25. The molecule has 3 aliphatic rings. The Balaban J connectivity index is 1.95. The third-order valence-electron chi connectivity index (χ3n) is 3.06. The molecule has 0 aromatic heterocycles. The number of rotatable bonds is 0. The molecule has 2 heteroatoms. The molecule has 0 saturated heterocycles. The first-order chi connectivity index (χ1) is 4.97. The first-order valence-electron chi connectivity index (χ1n) is 4.18. The summed E-state index contributed by atoms with van der Waals surface area (Å²) in [6, 6.07) is 0. The van der Waals surface area contributed by atoms with E-state index in [4.69, 9.17) is 0 Å². The van der Waals surface area contributed by atoms with E-state index >= 15 is 0 Å². The number of allylic oxidation sites excluding steroid dienone is 2. The second-order valence-corrected chi connectivity index (χ2v) is 3.47. The van der Waals surface area contributed by atoms with Crippen LogP contribution in [0.15, 0.2) is 11.4 Å². The Kier molecular flexibility index (Phi) is 0.755. The fourth-order valence-electron chi connectivity index (χ4n) is 2.34. The van der Waals surface area contributed by atoms with Crippen LogP contribution in [0.3, 0.4) is 0 Å². The number of hydrogen-bond donors (Lipinski definition) is 2. The van der Waals surface area contributed by atoms with Gasteiger partial charge in [-0.05, 0) is 12.8 Å². The molecule has 0 radical (unpaired) electrons. The van der Waals surface area contributed by atoms with E-state index in [1.807, 2.05) is 0 Å². The van der Waals surface area contributed by atoms with E-state index < -0.39 is 0 Å². The van der Waals surface area contributed by atoms with E-state index in [1.54, 1.807) is 11.4 Å². The van der Waals surface area contributed by atoms with Crippen LogP contribution in [-0.4, -0.2) is 13.1 Å². The van der Waals surface area contributed by atoms with Gasteiger partial charge in [0.05, 0.1) is 0 Å². The first-order valence-corrected chi connectivity index (χ1v) is 4.18. The van der Waals surface area contributed by atoms with Crippen molar-refractivity contribution < 1.29 is 0 Å². The Hall–Kier alpha value is -0.660. The Morgan fingerprint density at radius 1 is 0.900 bits per heavy atom. The summed E-state index contributed by atoms with van der Waals surface area (Å²) in [6.07, 6.45) is 2.86. The van der Waals surface area contributed by atoms with Gasteiger partial charge in [-0.1, -0.05) is 0 Å². The van der Waals surface area contributed by atoms with Gasteiger partial charge in [-0.2, -0.15) is 0 Å². The average molecular weight is 136 g/mol. The molecule has 0 amide bonds. The molecule has 2 nitrogen and oxygen atoms in total. The zero-order valence-corrected chi connectivity index (χ0v) is 5.98. The molecule has 0 spiro atoms. The number of fused-ring (bicyclic) bond motifs is 3. The average Bonchev–Trinajstić information content (AvgIpc) is 1.90. The fourth-order valence-corrected chi connectivity index (χ4v) is 2.34. The van der Waals surface area contributed by atoms with E-state index in [0.717, 1.165) is 24.9 Å². The maximum absolute atomic E-state index is 3.47. The lowest BCUT2D eigenvalue weighted by Gasteiger charge is -2.52. The van der Waals surface area contributed by atoms with Crippen LogP contribution in [0.1, 0.15) is 12.8 Å². The summed E-state index contributed by atoms with van der Waals surface area (Å²) < 4.78 is 0. The Morgan fingerprint density at radius 3 is 1.80 bits per heavy atom. The van der Waals surface area contributed by atoms with Gasteiger partial charge in [-0.25, -0.2) is 0 Å². The lowest BCUT2D eigenvalue weighted by Crippen LogP contribution is -2.54. The van der Waals surface area contributed by atoms with Gasteiger partial charge in [0.1, 0.15) is 0 Å². The van der Waals surface area contributed by atoms with Crippen molar-refractivity contribution in [1.29, 1.82) is 0 Å². The predicted molar refractivity (Wildman–Crippen MR) is 39.2 cm³/mol. The maximum atomic E-state index is 3.47. The lowest BCUT2D eigenvalue weighted by molar-refractivity contribution is 0.166. The number of hydrogen-bond acceptors (Lipinski definition) is 2. The van der Waals surface area contributed by atoms with E-state index in [1.165, 1.54) is 12.8 Å².